The van der Waals surface area contributed by atoms with E-state index in [9.17, 15) is 4.79 Å². The number of nitrogens with zero attached hydrogens (tertiary/aromatic N) is 4. The average molecular weight is 348 g/mol. The third-order valence-corrected chi connectivity index (χ3v) is 5.99. The third-order valence-electron chi connectivity index (χ3n) is 5.99. The Kier molecular flexibility index (Phi) is 4.80. The lowest BCUT2D eigenvalue weighted by molar-refractivity contribution is -0.144. The Bertz CT molecular complexity index is 605. The van der Waals surface area contributed by atoms with Gasteiger partial charge in [0.2, 0.25) is 5.91 Å². The summed E-state index contributed by atoms with van der Waals surface area (Å²) < 4.78 is 12.9. The van der Waals surface area contributed by atoms with Crippen molar-refractivity contribution in [2.24, 2.45) is 18.4 Å². The monoisotopic (exact) mass is 348 g/mol. The van der Waals surface area contributed by atoms with E-state index < -0.39 is 0 Å². The molecule has 1 amide bonds. The molecule has 3 aliphatic rings. The van der Waals surface area contributed by atoms with E-state index in [1.165, 1.54) is 5.56 Å². The van der Waals surface area contributed by atoms with Crippen LogP contribution in [-0.4, -0.2) is 78.1 Å². The summed E-state index contributed by atoms with van der Waals surface area (Å²) in [6.45, 7) is 7.00. The molecule has 0 radical (unpaired) electrons. The van der Waals surface area contributed by atoms with Crippen molar-refractivity contribution in [1.29, 1.82) is 0 Å². The second-order valence-corrected chi connectivity index (χ2v) is 7.66. The van der Waals surface area contributed by atoms with E-state index in [2.05, 4.69) is 16.2 Å². The summed E-state index contributed by atoms with van der Waals surface area (Å²) in [5.74, 6) is 0.394. The number of hydrogen-bond donors (Lipinski definition) is 0. The highest BCUT2D eigenvalue weighted by molar-refractivity contribution is 5.80. The minimum atomic E-state index is 0.0653. The van der Waals surface area contributed by atoms with Crippen molar-refractivity contribution in [3.8, 4) is 0 Å². The topological polar surface area (TPSA) is 59.8 Å². The Morgan fingerprint density at radius 3 is 2.64 bits per heavy atom. The van der Waals surface area contributed by atoms with Gasteiger partial charge in [-0.25, -0.2) is 0 Å². The van der Waals surface area contributed by atoms with Crippen molar-refractivity contribution in [1.82, 2.24) is 19.6 Å². The predicted molar refractivity (Wildman–Crippen MR) is 91.9 cm³/mol. The van der Waals surface area contributed by atoms with Gasteiger partial charge in [0.25, 0.3) is 0 Å². The molecular formula is C18H28N4O3. The molecule has 3 saturated heterocycles. The summed E-state index contributed by atoms with van der Waals surface area (Å²) in [7, 11) is 1.94. The van der Waals surface area contributed by atoms with Gasteiger partial charge in [-0.2, -0.15) is 5.10 Å². The Morgan fingerprint density at radius 2 is 1.96 bits per heavy atom. The Balaban J connectivity index is 1.51. The molecule has 0 N–H and O–H groups in total. The molecule has 1 aromatic rings. The Morgan fingerprint density at radius 1 is 1.24 bits per heavy atom. The maximum absolute atomic E-state index is 13.3. The van der Waals surface area contributed by atoms with Crippen LogP contribution in [0.5, 0.6) is 0 Å². The second kappa shape index (κ2) is 7.05. The van der Waals surface area contributed by atoms with E-state index in [-0.39, 0.29) is 11.3 Å². The quantitative estimate of drug-likeness (QED) is 0.796. The van der Waals surface area contributed by atoms with Gasteiger partial charge in [-0.3, -0.25) is 14.4 Å². The first kappa shape index (κ1) is 17.0. The number of likely N-dealkylation sites (tertiary alicyclic amines) is 1. The van der Waals surface area contributed by atoms with Gasteiger partial charge in [-0.15, -0.1) is 0 Å². The molecule has 3 fully saturated rings. The van der Waals surface area contributed by atoms with Crippen LogP contribution in [-0.2, 0) is 27.9 Å². The van der Waals surface area contributed by atoms with E-state index in [4.69, 9.17) is 9.47 Å². The van der Waals surface area contributed by atoms with Crippen molar-refractivity contribution in [2.75, 3.05) is 52.6 Å². The zero-order valence-electron chi connectivity index (χ0n) is 15.0. The van der Waals surface area contributed by atoms with Gasteiger partial charge in [0.1, 0.15) is 0 Å². The van der Waals surface area contributed by atoms with Crippen molar-refractivity contribution in [3.63, 3.8) is 0 Å². The largest absolute Gasteiger partial charge is 0.381 e. The fraction of sp³-hybridized carbons (Fsp3) is 0.778. The van der Waals surface area contributed by atoms with Crippen LogP contribution in [0.1, 0.15) is 18.4 Å². The van der Waals surface area contributed by atoms with Crippen molar-refractivity contribution in [3.05, 3.63) is 18.0 Å². The zero-order valence-corrected chi connectivity index (χ0v) is 15.0. The Hall–Kier alpha value is -1.44. The first-order chi connectivity index (χ1) is 12.2. The molecule has 0 unspecified atom stereocenters. The van der Waals surface area contributed by atoms with Gasteiger partial charge >= 0.3 is 0 Å². The number of amides is 1. The SMILES string of the molecule is Cn1cc(CN2C[C@@H](C(=O)N3CCOCC3)C3(CCOCC3)C2)cn1. The molecule has 138 valence electrons. The van der Waals surface area contributed by atoms with E-state index in [1.807, 2.05) is 22.8 Å². The van der Waals surface area contributed by atoms with Crippen LogP contribution in [0.3, 0.4) is 0 Å². The van der Waals surface area contributed by atoms with Gasteiger partial charge in [0.05, 0.1) is 25.3 Å². The van der Waals surface area contributed by atoms with Crippen LogP contribution < -0.4 is 0 Å². The smallest absolute Gasteiger partial charge is 0.227 e. The Labute approximate surface area is 148 Å². The van der Waals surface area contributed by atoms with Gasteiger partial charge in [0.15, 0.2) is 0 Å². The third kappa shape index (κ3) is 3.45. The predicted octanol–water partition coefficient (Wildman–Crippen LogP) is 0.508. The maximum Gasteiger partial charge on any atom is 0.227 e. The van der Waals surface area contributed by atoms with Crippen LogP contribution in [0.25, 0.3) is 0 Å². The molecule has 1 aromatic heterocycles. The van der Waals surface area contributed by atoms with Crippen molar-refractivity contribution < 1.29 is 14.3 Å². The van der Waals surface area contributed by atoms with E-state index in [0.717, 1.165) is 58.8 Å². The molecule has 3 aliphatic heterocycles. The van der Waals surface area contributed by atoms with Crippen LogP contribution >= 0.6 is 0 Å². The minimum Gasteiger partial charge on any atom is -0.381 e. The highest BCUT2D eigenvalue weighted by Crippen LogP contribution is 2.45. The van der Waals surface area contributed by atoms with Crippen molar-refractivity contribution >= 4 is 5.91 Å². The summed E-state index contributed by atoms with van der Waals surface area (Å²) in [4.78, 5) is 17.7. The molecule has 4 heterocycles. The van der Waals surface area contributed by atoms with E-state index >= 15 is 0 Å². The van der Waals surface area contributed by atoms with Gasteiger partial charge in [-0.1, -0.05) is 0 Å². The number of aryl methyl sites for hydroxylation is 1. The number of rotatable bonds is 3. The lowest BCUT2D eigenvalue weighted by atomic mass is 9.71. The molecule has 7 heteroatoms. The van der Waals surface area contributed by atoms with Crippen LogP contribution in [0.4, 0.5) is 0 Å². The highest BCUT2D eigenvalue weighted by atomic mass is 16.5. The molecule has 0 aliphatic carbocycles. The fourth-order valence-electron chi connectivity index (χ4n) is 4.63. The summed E-state index contributed by atoms with van der Waals surface area (Å²) in [6.07, 6.45) is 5.95. The standard InChI is InChI=1S/C18H28N4O3/c1-20-11-15(10-19-20)12-21-13-16(17(23)22-4-8-25-9-5-22)18(14-21)2-6-24-7-3-18/h10-11,16H,2-9,12-14H2,1H3/t16-/m0/s1. The number of carbonyl (C=O) groups is 1. The van der Waals surface area contributed by atoms with Gasteiger partial charge in [0, 0.05) is 70.2 Å². The molecule has 0 saturated carbocycles. The normalized spacial score (nSPS) is 27.1. The lowest BCUT2D eigenvalue weighted by Gasteiger charge is -2.40. The number of carbonyl (C=O) groups excluding carboxylic acids is 1. The number of morpholine rings is 1. The van der Waals surface area contributed by atoms with Crippen molar-refractivity contribution in [2.45, 2.75) is 19.4 Å². The highest BCUT2D eigenvalue weighted by Gasteiger charge is 2.51. The maximum atomic E-state index is 13.3. The minimum absolute atomic E-state index is 0.0653. The molecule has 25 heavy (non-hydrogen) atoms. The zero-order chi connectivity index (χ0) is 17.3. The van der Waals surface area contributed by atoms with E-state index in [0.29, 0.717) is 19.1 Å². The van der Waals surface area contributed by atoms with Crippen LogP contribution in [0.15, 0.2) is 12.4 Å². The lowest BCUT2D eigenvalue weighted by Crippen LogP contribution is -2.49. The molecule has 7 nitrogen and oxygen atoms in total. The molecule has 1 spiro atoms. The first-order valence-corrected chi connectivity index (χ1v) is 9.30. The van der Waals surface area contributed by atoms with Gasteiger partial charge in [-0.05, 0) is 12.8 Å². The van der Waals surface area contributed by atoms with Crippen LogP contribution in [0, 0.1) is 11.3 Å². The molecular weight excluding hydrogens is 320 g/mol. The number of ether oxygens (including phenoxy) is 2. The fourth-order valence-corrected chi connectivity index (χ4v) is 4.63. The second-order valence-electron chi connectivity index (χ2n) is 7.66. The average Bonchev–Trinajstić information content (AvgIpc) is 3.19. The number of hydrogen-bond acceptors (Lipinski definition) is 5. The van der Waals surface area contributed by atoms with Crippen LogP contribution in [0.2, 0.25) is 0 Å². The van der Waals surface area contributed by atoms with E-state index in [1.54, 1.807) is 0 Å². The number of aromatic nitrogens is 2. The summed E-state index contributed by atoms with van der Waals surface area (Å²) in [5.41, 5.74) is 1.28. The molecule has 1 atom stereocenters. The van der Waals surface area contributed by atoms with Gasteiger partial charge < -0.3 is 14.4 Å². The first-order valence-electron chi connectivity index (χ1n) is 9.30. The molecule has 0 bridgehead atoms. The summed E-state index contributed by atoms with van der Waals surface area (Å²) in [5, 5.41) is 4.27. The molecule has 0 aromatic carbocycles. The summed E-state index contributed by atoms with van der Waals surface area (Å²) >= 11 is 0. The summed E-state index contributed by atoms with van der Waals surface area (Å²) in [6, 6.07) is 0. The molecule has 4 rings (SSSR count).